The number of aromatic hydroxyl groups is 1. The number of fused-ring (bicyclic) bond motifs is 3. The standard InChI is InChI=1S/C34H26ClNO3/c1-39-34(38)28-11-6-12-29-32(28)33-30(19-26(20-31(33)37)25-13-15-27(35)16-14-25)36(29)21-24-10-5-9-23(18-24)17-22-7-3-2-4-8-22/h2-16,18-20,37H,17,21H2,1H3. The third kappa shape index (κ3) is 4.75. The Morgan fingerprint density at radius 2 is 1.46 bits per heavy atom. The highest BCUT2D eigenvalue weighted by molar-refractivity contribution is 6.30. The lowest BCUT2D eigenvalue weighted by Gasteiger charge is -2.11. The Bertz CT molecular complexity index is 1820. The molecule has 0 atom stereocenters. The van der Waals surface area contributed by atoms with Crippen LogP contribution in [0.1, 0.15) is 27.0 Å². The molecule has 1 aromatic heterocycles. The fourth-order valence-corrected chi connectivity index (χ4v) is 5.48. The maximum absolute atomic E-state index is 12.8. The SMILES string of the molecule is COC(=O)c1cccc2c1c1c(O)cc(-c3ccc(Cl)cc3)cc1n2Cc1cccc(Cc2ccccc2)c1. The lowest BCUT2D eigenvalue weighted by molar-refractivity contribution is 0.0603. The van der Waals surface area contributed by atoms with E-state index in [2.05, 4.69) is 59.2 Å². The second-order valence-electron chi connectivity index (χ2n) is 9.66. The van der Waals surface area contributed by atoms with E-state index >= 15 is 0 Å². The number of nitrogens with zero attached hydrogens (tertiary/aromatic N) is 1. The third-order valence-corrected chi connectivity index (χ3v) is 7.39. The summed E-state index contributed by atoms with van der Waals surface area (Å²) in [6, 6.07) is 35.9. The van der Waals surface area contributed by atoms with Gasteiger partial charge in [-0.15, -0.1) is 0 Å². The van der Waals surface area contributed by atoms with E-state index in [0.717, 1.165) is 34.1 Å². The van der Waals surface area contributed by atoms with Gasteiger partial charge < -0.3 is 14.4 Å². The van der Waals surface area contributed by atoms with Crippen molar-refractivity contribution in [1.29, 1.82) is 0 Å². The van der Waals surface area contributed by atoms with Crippen LogP contribution in [0, 0.1) is 0 Å². The summed E-state index contributed by atoms with van der Waals surface area (Å²) >= 11 is 6.12. The fourth-order valence-electron chi connectivity index (χ4n) is 5.35. The normalized spacial score (nSPS) is 11.2. The molecule has 0 spiro atoms. The second-order valence-corrected chi connectivity index (χ2v) is 10.1. The Hall–Kier alpha value is -4.54. The van der Waals surface area contributed by atoms with Gasteiger partial charge in [-0.1, -0.05) is 84.4 Å². The number of rotatable bonds is 6. The van der Waals surface area contributed by atoms with Crippen LogP contribution >= 0.6 is 11.6 Å². The molecule has 1 N–H and O–H groups in total. The number of carbonyl (C=O) groups is 1. The van der Waals surface area contributed by atoms with Gasteiger partial charge >= 0.3 is 5.97 Å². The Balaban J connectivity index is 1.54. The molecule has 0 aliphatic heterocycles. The molecule has 0 amide bonds. The number of phenols is 1. The van der Waals surface area contributed by atoms with E-state index in [1.54, 1.807) is 12.1 Å². The van der Waals surface area contributed by atoms with E-state index in [1.165, 1.54) is 18.2 Å². The molecule has 0 radical (unpaired) electrons. The van der Waals surface area contributed by atoms with Crippen LogP contribution in [0.25, 0.3) is 32.9 Å². The summed E-state index contributed by atoms with van der Waals surface area (Å²) < 4.78 is 7.26. The van der Waals surface area contributed by atoms with E-state index < -0.39 is 5.97 Å². The third-order valence-electron chi connectivity index (χ3n) is 7.14. The molecule has 0 unspecified atom stereocenters. The average Bonchev–Trinajstić information content (AvgIpc) is 3.27. The second kappa shape index (κ2) is 10.3. The lowest BCUT2D eigenvalue weighted by Crippen LogP contribution is -2.03. The molecule has 4 nitrogen and oxygen atoms in total. The van der Waals surface area contributed by atoms with E-state index in [1.807, 2.05) is 42.5 Å². The first-order valence-electron chi connectivity index (χ1n) is 12.8. The molecule has 0 aliphatic rings. The van der Waals surface area contributed by atoms with Crippen molar-refractivity contribution in [1.82, 2.24) is 4.57 Å². The topological polar surface area (TPSA) is 51.5 Å². The summed E-state index contributed by atoms with van der Waals surface area (Å²) in [5.41, 5.74) is 7.51. The number of hydrogen-bond acceptors (Lipinski definition) is 3. The summed E-state index contributed by atoms with van der Waals surface area (Å²) in [6.07, 6.45) is 0.843. The number of benzene rings is 5. The van der Waals surface area contributed by atoms with Crippen molar-refractivity contribution in [3.05, 3.63) is 136 Å². The maximum atomic E-state index is 12.8. The summed E-state index contributed by atoms with van der Waals surface area (Å²) in [4.78, 5) is 12.8. The van der Waals surface area contributed by atoms with Gasteiger partial charge in [0.15, 0.2) is 0 Å². The van der Waals surface area contributed by atoms with Crippen LogP contribution < -0.4 is 0 Å². The largest absolute Gasteiger partial charge is 0.507 e. The number of carbonyl (C=O) groups excluding carboxylic acids is 1. The molecule has 0 aliphatic carbocycles. The van der Waals surface area contributed by atoms with Gasteiger partial charge in [-0.2, -0.15) is 0 Å². The molecule has 192 valence electrons. The minimum Gasteiger partial charge on any atom is -0.507 e. The van der Waals surface area contributed by atoms with Gasteiger partial charge in [0, 0.05) is 17.0 Å². The Morgan fingerprint density at radius 3 is 2.23 bits per heavy atom. The zero-order valence-corrected chi connectivity index (χ0v) is 22.2. The molecule has 6 rings (SSSR count). The zero-order valence-electron chi connectivity index (χ0n) is 21.4. The van der Waals surface area contributed by atoms with Crippen LogP contribution in [0.5, 0.6) is 5.75 Å². The number of halogens is 1. The van der Waals surface area contributed by atoms with Crippen LogP contribution in [0.2, 0.25) is 5.02 Å². The lowest BCUT2D eigenvalue weighted by atomic mass is 10.0. The predicted molar refractivity (Wildman–Crippen MR) is 158 cm³/mol. The molecule has 0 saturated carbocycles. The number of aromatic nitrogens is 1. The molecule has 39 heavy (non-hydrogen) atoms. The predicted octanol–water partition coefficient (Wildman–Crippen LogP) is 8.25. The van der Waals surface area contributed by atoms with E-state index in [-0.39, 0.29) is 5.75 Å². The smallest absolute Gasteiger partial charge is 0.338 e. The summed E-state index contributed by atoms with van der Waals surface area (Å²) in [7, 11) is 1.37. The quantitative estimate of drug-likeness (QED) is 0.220. The molecule has 5 aromatic carbocycles. The van der Waals surface area contributed by atoms with Crippen LogP contribution in [-0.2, 0) is 17.7 Å². The Kier molecular flexibility index (Phi) is 6.55. The number of methoxy groups -OCH3 is 1. The molecular weight excluding hydrogens is 506 g/mol. The van der Waals surface area contributed by atoms with E-state index in [4.69, 9.17) is 16.3 Å². The first kappa shape index (κ1) is 24.8. The summed E-state index contributed by atoms with van der Waals surface area (Å²) in [5.74, 6) is -0.332. The van der Waals surface area contributed by atoms with E-state index in [0.29, 0.717) is 27.9 Å². The molecule has 6 aromatic rings. The summed E-state index contributed by atoms with van der Waals surface area (Å²) in [5, 5.41) is 13.3. The Morgan fingerprint density at radius 1 is 0.744 bits per heavy atom. The molecule has 5 heteroatoms. The molecule has 0 fully saturated rings. The average molecular weight is 532 g/mol. The van der Waals surface area contributed by atoms with Crippen LogP contribution in [-0.4, -0.2) is 22.8 Å². The fraction of sp³-hybridized carbons (Fsp3) is 0.0882. The van der Waals surface area contributed by atoms with Gasteiger partial charge in [0.05, 0.1) is 29.1 Å². The monoisotopic (exact) mass is 531 g/mol. The van der Waals surface area contributed by atoms with Crippen molar-refractivity contribution in [3.8, 4) is 16.9 Å². The molecule has 0 bridgehead atoms. The number of phenolic OH excluding ortho intramolecular Hbond substituents is 1. The van der Waals surface area contributed by atoms with Gasteiger partial charge in [-0.3, -0.25) is 0 Å². The maximum Gasteiger partial charge on any atom is 0.338 e. The van der Waals surface area contributed by atoms with Crippen molar-refractivity contribution in [2.45, 2.75) is 13.0 Å². The van der Waals surface area contributed by atoms with Gasteiger partial charge in [0.1, 0.15) is 5.75 Å². The zero-order chi connectivity index (χ0) is 26.9. The van der Waals surface area contributed by atoms with E-state index in [9.17, 15) is 9.90 Å². The van der Waals surface area contributed by atoms with Gasteiger partial charge in [-0.05, 0) is 70.6 Å². The van der Waals surface area contributed by atoms with Crippen molar-refractivity contribution >= 4 is 39.4 Å². The highest BCUT2D eigenvalue weighted by Crippen LogP contribution is 2.41. The first-order chi connectivity index (χ1) is 19.0. The van der Waals surface area contributed by atoms with Gasteiger partial charge in [0.2, 0.25) is 0 Å². The highest BCUT2D eigenvalue weighted by Gasteiger charge is 2.21. The van der Waals surface area contributed by atoms with Crippen molar-refractivity contribution < 1.29 is 14.6 Å². The van der Waals surface area contributed by atoms with Crippen molar-refractivity contribution in [3.63, 3.8) is 0 Å². The van der Waals surface area contributed by atoms with Crippen LogP contribution in [0.4, 0.5) is 0 Å². The summed E-state index contributed by atoms with van der Waals surface area (Å²) in [6.45, 7) is 0.566. The highest BCUT2D eigenvalue weighted by atomic mass is 35.5. The number of hydrogen-bond donors (Lipinski definition) is 1. The number of ether oxygens (including phenoxy) is 1. The van der Waals surface area contributed by atoms with Gasteiger partial charge in [-0.25, -0.2) is 4.79 Å². The van der Waals surface area contributed by atoms with Crippen LogP contribution in [0.3, 0.4) is 0 Å². The minimum atomic E-state index is -0.439. The van der Waals surface area contributed by atoms with Crippen molar-refractivity contribution in [2.75, 3.05) is 7.11 Å². The van der Waals surface area contributed by atoms with Crippen molar-refractivity contribution in [2.24, 2.45) is 0 Å². The molecule has 0 saturated heterocycles. The Labute approximate surface area is 231 Å². The first-order valence-corrected chi connectivity index (χ1v) is 13.1. The minimum absolute atomic E-state index is 0.107. The number of esters is 1. The van der Waals surface area contributed by atoms with Gasteiger partial charge in [0.25, 0.3) is 0 Å². The molecular formula is C34H26ClNO3. The van der Waals surface area contributed by atoms with Crippen LogP contribution in [0.15, 0.2) is 109 Å². The molecule has 1 heterocycles.